The summed E-state index contributed by atoms with van der Waals surface area (Å²) < 4.78 is 0. The molecule has 0 atom stereocenters. The normalized spacial score (nSPS) is 10.2. The standard InChI is InChI=1S/C14H12ClNO/c1-9-12(3-2-4-13(9)15)14(16)10-5-7-11(17)8-6-10/h2-8,16-17H,1H3. The van der Waals surface area contributed by atoms with Crippen molar-refractivity contribution in [1.29, 1.82) is 5.41 Å². The van der Waals surface area contributed by atoms with Crippen molar-refractivity contribution in [3.8, 4) is 5.75 Å². The van der Waals surface area contributed by atoms with E-state index in [0.29, 0.717) is 10.7 Å². The van der Waals surface area contributed by atoms with E-state index in [1.54, 1.807) is 24.3 Å². The van der Waals surface area contributed by atoms with Crippen LogP contribution in [0.15, 0.2) is 42.5 Å². The number of rotatable bonds is 2. The molecule has 2 aromatic carbocycles. The van der Waals surface area contributed by atoms with Crippen LogP contribution in [0.5, 0.6) is 5.75 Å². The van der Waals surface area contributed by atoms with E-state index in [4.69, 9.17) is 17.0 Å². The fraction of sp³-hybridized carbons (Fsp3) is 0.0714. The Labute approximate surface area is 105 Å². The van der Waals surface area contributed by atoms with E-state index < -0.39 is 0 Å². The minimum absolute atomic E-state index is 0.198. The van der Waals surface area contributed by atoms with Gasteiger partial charge in [0.15, 0.2) is 0 Å². The van der Waals surface area contributed by atoms with E-state index in [2.05, 4.69) is 0 Å². The van der Waals surface area contributed by atoms with Gasteiger partial charge in [-0.15, -0.1) is 0 Å². The van der Waals surface area contributed by atoms with E-state index in [1.807, 2.05) is 25.1 Å². The molecule has 0 bridgehead atoms. The molecule has 0 aromatic heterocycles. The maximum atomic E-state index is 9.22. The van der Waals surface area contributed by atoms with Crippen molar-refractivity contribution in [1.82, 2.24) is 0 Å². The lowest BCUT2D eigenvalue weighted by Gasteiger charge is -2.09. The molecule has 0 spiro atoms. The summed E-state index contributed by atoms with van der Waals surface area (Å²) in [5, 5.41) is 18.0. The first kappa shape index (κ1) is 11.7. The lowest BCUT2D eigenvalue weighted by atomic mass is 9.98. The molecule has 0 saturated carbocycles. The number of phenolic OH excluding ortho intramolecular Hbond substituents is 1. The number of nitrogens with one attached hydrogen (secondary N) is 1. The summed E-state index contributed by atoms with van der Waals surface area (Å²) >= 11 is 6.03. The molecule has 0 radical (unpaired) electrons. The molecule has 0 aliphatic heterocycles. The van der Waals surface area contributed by atoms with Gasteiger partial charge in [0.2, 0.25) is 0 Å². The highest BCUT2D eigenvalue weighted by Gasteiger charge is 2.09. The maximum Gasteiger partial charge on any atom is 0.115 e. The highest BCUT2D eigenvalue weighted by molar-refractivity contribution is 6.32. The summed E-state index contributed by atoms with van der Waals surface area (Å²) in [5.41, 5.74) is 2.87. The van der Waals surface area contributed by atoms with Crippen molar-refractivity contribution in [3.63, 3.8) is 0 Å². The average Bonchev–Trinajstić information content (AvgIpc) is 2.33. The van der Waals surface area contributed by atoms with E-state index in [0.717, 1.165) is 16.7 Å². The van der Waals surface area contributed by atoms with E-state index in [1.165, 1.54) is 0 Å². The number of benzene rings is 2. The molecule has 0 aliphatic rings. The highest BCUT2D eigenvalue weighted by atomic mass is 35.5. The van der Waals surface area contributed by atoms with Gasteiger partial charge in [0.05, 0.1) is 5.71 Å². The van der Waals surface area contributed by atoms with Gasteiger partial charge in [-0.05, 0) is 42.8 Å². The second-order valence-electron chi connectivity index (χ2n) is 3.83. The Balaban J connectivity index is 2.44. The average molecular weight is 246 g/mol. The van der Waals surface area contributed by atoms with Crippen LogP contribution in [0.2, 0.25) is 5.02 Å². The van der Waals surface area contributed by atoms with Gasteiger partial charge in [0, 0.05) is 16.1 Å². The number of hydrogen-bond donors (Lipinski definition) is 2. The third-order valence-electron chi connectivity index (χ3n) is 2.69. The molecular weight excluding hydrogens is 234 g/mol. The van der Waals surface area contributed by atoms with Gasteiger partial charge in [0.25, 0.3) is 0 Å². The van der Waals surface area contributed by atoms with Crippen LogP contribution >= 0.6 is 11.6 Å². The minimum atomic E-state index is 0.198. The molecule has 2 rings (SSSR count). The Kier molecular flexibility index (Phi) is 3.16. The third-order valence-corrected chi connectivity index (χ3v) is 3.10. The molecule has 17 heavy (non-hydrogen) atoms. The van der Waals surface area contributed by atoms with Crippen LogP contribution in [-0.2, 0) is 0 Å². The van der Waals surface area contributed by atoms with Gasteiger partial charge < -0.3 is 5.11 Å². The lowest BCUT2D eigenvalue weighted by Crippen LogP contribution is -2.03. The van der Waals surface area contributed by atoms with Crippen LogP contribution in [0.25, 0.3) is 0 Å². The fourth-order valence-electron chi connectivity index (χ4n) is 1.66. The van der Waals surface area contributed by atoms with Crippen LogP contribution in [-0.4, -0.2) is 10.8 Å². The monoisotopic (exact) mass is 245 g/mol. The molecule has 2 N–H and O–H groups in total. The number of hydrogen-bond acceptors (Lipinski definition) is 2. The largest absolute Gasteiger partial charge is 0.508 e. The van der Waals surface area contributed by atoms with Crippen LogP contribution in [0.1, 0.15) is 16.7 Å². The van der Waals surface area contributed by atoms with Gasteiger partial charge in [-0.1, -0.05) is 23.7 Å². The van der Waals surface area contributed by atoms with Crippen molar-refractivity contribution in [3.05, 3.63) is 64.2 Å². The molecule has 0 amide bonds. The predicted octanol–water partition coefficient (Wildman–Crippen LogP) is 3.77. The zero-order valence-electron chi connectivity index (χ0n) is 9.37. The van der Waals surface area contributed by atoms with E-state index >= 15 is 0 Å². The molecule has 3 heteroatoms. The molecule has 0 heterocycles. The van der Waals surface area contributed by atoms with Gasteiger partial charge >= 0.3 is 0 Å². The zero-order chi connectivity index (χ0) is 12.4. The third kappa shape index (κ3) is 2.32. The summed E-state index contributed by atoms with van der Waals surface area (Å²) in [4.78, 5) is 0. The van der Waals surface area contributed by atoms with Crippen LogP contribution < -0.4 is 0 Å². The summed E-state index contributed by atoms with van der Waals surface area (Å²) in [6.07, 6.45) is 0. The second kappa shape index (κ2) is 4.60. The van der Waals surface area contributed by atoms with Crippen LogP contribution in [0, 0.1) is 12.3 Å². The number of halogens is 1. The van der Waals surface area contributed by atoms with Crippen molar-refractivity contribution < 1.29 is 5.11 Å². The van der Waals surface area contributed by atoms with Crippen LogP contribution in [0.4, 0.5) is 0 Å². The van der Waals surface area contributed by atoms with Crippen molar-refractivity contribution in [2.45, 2.75) is 6.92 Å². The van der Waals surface area contributed by atoms with Crippen molar-refractivity contribution in [2.24, 2.45) is 0 Å². The Bertz CT molecular complexity index is 561. The summed E-state index contributed by atoms with van der Waals surface area (Å²) in [6.45, 7) is 1.90. The van der Waals surface area contributed by atoms with Gasteiger partial charge in [-0.25, -0.2) is 0 Å². The first-order chi connectivity index (χ1) is 8.09. The quantitative estimate of drug-likeness (QED) is 0.778. The Hall–Kier alpha value is -1.80. The molecule has 86 valence electrons. The minimum Gasteiger partial charge on any atom is -0.508 e. The highest BCUT2D eigenvalue weighted by Crippen LogP contribution is 2.22. The summed E-state index contributed by atoms with van der Waals surface area (Å²) in [6, 6.07) is 12.1. The molecule has 2 nitrogen and oxygen atoms in total. The van der Waals surface area contributed by atoms with Gasteiger partial charge in [0.1, 0.15) is 5.75 Å². The second-order valence-corrected chi connectivity index (χ2v) is 4.24. The number of aromatic hydroxyl groups is 1. The number of phenols is 1. The Morgan fingerprint density at radius 1 is 1.12 bits per heavy atom. The molecule has 2 aromatic rings. The van der Waals surface area contributed by atoms with Gasteiger partial charge in [-0.3, -0.25) is 5.41 Å². The Morgan fingerprint density at radius 2 is 1.76 bits per heavy atom. The summed E-state index contributed by atoms with van der Waals surface area (Å²) in [7, 11) is 0. The first-order valence-corrected chi connectivity index (χ1v) is 5.61. The van der Waals surface area contributed by atoms with Crippen LogP contribution in [0.3, 0.4) is 0 Å². The fourth-order valence-corrected chi connectivity index (χ4v) is 1.84. The molecule has 0 unspecified atom stereocenters. The lowest BCUT2D eigenvalue weighted by molar-refractivity contribution is 0.475. The molecule has 0 saturated heterocycles. The first-order valence-electron chi connectivity index (χ1n) is 5.23. The zero-order valence-corrected chi connectivity index (χ0v) is 10.1. The molecular formula is C14H12ClNO. The van der Waals surface area contributed by atoms with E-state index in [9.17, 15) is 5.11 Å². The van der Waals surface area contributed by atoms with Gasteiger partial charge in [-0.2, -0.15) is 0 Å². The molecule has 0 fully saturated rings. The topological polar surface area (TPSA) is 44.1 Å². The molecule has 0 aliphatic carbocycles. The smallest absolute Gasteiger partial charge is 0.115 e. The SMILES string of the molecule is Cc1c(Cl)cccc1C(=N)c1ccc(O)cc1. The van der Waals surface area contributed by atoms with Crippen molar-refractivity contribution >= 4 is 17.3 Å². The van der Waals surface area contributed by atoms with E-state index in [-0.39, 0.29) is 5.75 Å². The predicted molar refractivity (Wildman–Crippen MR) is 70.2 cm³/mol. The maximum absolute atomic E-state index is 9.22. The Morgan fingerprint density at radius 3 is 2.41 bits per heavy atom. The van der Waals surface area contributed by atoms with Crippen molar-refractivity contribution in [2.75, 3.05) is 0 Å². The summed E-state index contributed by atoms with van der Waals surface area (Å²) in [5.74, 6) is 0.198.